The monoisotopic (exact) mass is 373 g/mol. The highest BCUT2D eigenvalue weighted by molar-refractivity contribution is 7.09. The number of nitrogens with zero attached hydrogens (tertiary/aromatic N) is 2. The van der Waals surface area contributed by atoms with E-state index in [4.69, 9.17) is 4.74 Å². The Bertz CT molecular complexity index is 785. The number of ether oxygens (including phenoxy) is 1. The summed E-state index contributed by atoms with van der Waals surface area (Å²) >= 11 is 1.53. The van der Waals surface area contributed by atoms with E-state index in [-0.39, 0.29) is 17.9 Å². The lowest BCUT2D eigenvalue weighted by Gasteiger charge is -2.24. The Hall–Kier alpha value is -2.25. The molecule has 2 amide bonds. The van der Waals surface area contributed by atoms with Crippen molar-refractivity contribution in [3.8, 4) is 0 Å². The van der Waals surface area contributed by atoms with Crippen molar-refractivity contribution in [1.29, 1.82) is 0 Å². The maximum atomic E-state index is 13.0. The second-order valence-electron chi connectivity index (χ2n) is 6.43. The van der Waals surface area contributed by atoms with Crippen LogP contribution >= 0.6 is 11.3 Å². The molecule has 7 heteroatoms. The predicted octanol–water partition coefficient (Wildman–Crippen LogP) is 3.40. The molecule has 0 radical (unpaired) electrons. The molecule has 2 atom stereocenters. The molecule has 1 fully saturated rings. The first-order chi connectivity index (χ1) is 12.5. The average molecular weight is 373 g/mol. The summed E-state index contributed by atoms with van der Waals surface area (Å²) in [6, 6.07) is 5.26. The van der Waals surface area contributed by atoms with Gasteiger partial charge in [-0.3, -0.25) is 9.59 Å². The third kappa shape index (κ3) is 3.78. The first-order valence-electron chi connectivity index (χ1n) is 8.67. The van der Waals surface area contributed by atoms with Gasteiger partial charge in [-0.25, -0.2) is 4.98 Å². The first-order valence-corrected chi connectivity index (χ1v) is 9.55. The van der Waals surface area contributed by atoms with Crippen molar-refractivity contribution < 1.29 is 14.3 Å². The Morgan fingerprint density at radius 1 is 1.42 bits per heavy atom. The summed E-state index contributed by atoms with van der Waals surface area (Å²) in [5.41, 5.74) is 1.97. The van der Waals surface area contributed by atoms with E-state index in [0.29, 0.717) is 17.9 Å². The summed E-state index contributed by atoms with van der Waals surface area (Å²) in [6.45, 7) is 4.42. The molecule has 2 heterocycles. The molecule has 1 saturated heterocycles. The van der Waals surface area contributed by atoms with E-state index in [1.165, 1.54) is 11.3 Å². The molecule has 1 aromatic carbocycles. The van der Waals surface area contributed by atoms with Crippen molar-refractivity contribution in [2.75, 3.05) is 19.0 Å². The predicted molar refractivity (Wildman–Crippen MR) is 101 cm³/mol. The average Bonchev–Trinajstić information content (AvgIpc) is 3.35. The van der Waals surface area contributed by atoms with Crippen LogP contribution in [-0.2, 0) is 9.53 Å². The smallest absolute Gasteiger partial charge is 0.254 e. The Kier molecular flexibility index (Phi) is 5.68. The van der Waals surface area contributed by atoms with Gasteiger partial charge in [-0.05, 0) is 44.4 Å². The van der Waals surface area contributed by atoms with E-state index >= 15 is 0 Å². The van der Waals surface area contributed by atoms with Crippen LogP contribution < -0.4 is 5.32 Å². The molecular weight excluding hydrogens is 350 g/mol. The third-order valence-corrected chi connectivity index (χ3v) is 5.70. The standard InChI is InChI=1S/C19H23N3O3S/c1-12-14(19(24)22(3)13(2)18-20-9-11-26-18)6-4-7-15(12)21-17(23)16-8-5-10-25-16/h4,6-7,9,11,13,16H,5,8,10H2,1-3H3,(H,21,23). The molecule has 1 aliphatic heterocycles. The summed E-state index contributed by atoms with van der Waals surface area (Å²) in [5, 5.41) is 5.69. The molecular formula is C19H23N3O3S. The topological polar surface area (TPSA) is 71.5 Å². The summed E-state index contributed by atoms with van der Waals surface area (Å²) in [4.78, 5) is 31.2. The van der Waals surface area contributed by atoms with E-state index in [1.54, 1.807) is 30.3 Å². The molecule has 1 aromatic heterocycles. The summed E-state index contributed by atoms with van der Waals surface area (Å²) < 4.78 is 5.42. The summed E-state index contributed by atoms with van der Waals surface area (Å²) in [7, 11) is 1.77. The minimum absolute atomic E-state index is 0.0987. The Morgan fingerprint density at radius 3 is 2.88 bits per heavy atom. The molecule has 3 rings (SSSR count). The van der Waals surface area contributed by atoms with Gasteiger partial charge in [-0.2, -0.15) is 0 Å². The number of carbonyl (C=O) groups excluding carboxylic acids is 2. The lowest BCUT2D eigenvalue weighted by molar-refractivity contribution is -0.124. The fourth-order valence-corrected chi connectivity index (χ4v) is 3.71. The van der Waals surface area contributed by atoms with Crippen LogP contribution in [0.15, 0.2) is 29.8 Å². The van der Waals surface area contributed by atoms with Crippen molar-refractivity contribution >= 4 is 28.8 Å². The lowest BCUT2D eigenvalue weighted by atomic mass is 10.0. The van der Waals surface area contributed by atoms with Gasteiger partial charge in [0.2, 0.25) is 0 Å². The van der Waals surface area contributed by atoms with Crippen LogP contribution in [0.5, 0.6) is 0 Å². The highest BCUT2D eigenvalue weighted by Gasteiger charge is 2.26. The molecule has 1 aliphatic rings. The number of aromatic nitrogens is 1. The maximum absolute atomic E-state index is 13.0. The fourth-order valence-electron chi connectivity index (χ4n) is 2.97. The van der Waals surface area contributed by atoms with E-state index < -0.39 is 6.10 Å². The summed E-state index contributed by atoms with van der Waals surface area (Å²) in [5.74, 6) is -0.252. The maximum Gasteiger partial charge on any atom is 0.254 e. The van der Waals surface area contributed by atoms with Crippen LogP contribution in [-0.4, -0.2) is 41.5 Å². The number of hydrogen-bond acceptors (Lipinski definition) is 5. The SMILES string of the molecule is Cc1c(NC(=O)C2CCCO2)cccc1C(=O)N(C)C(C)c1nccs1. The normalized spacial score (nSPS) is 17.7. The summed E-state index contributed by atoms with van der Waals surface area (Å²) in [6.07, 6.45) is 2.97. The molecule has 2 aromatic rings. The molecule has 0 spiro atoms. The molecule has 0 aliphatic carbocycles. The zero-order chi connectivity index (χ0) is 18.7. The third-order valence-electron chi connectivity index (χ3n) is 4.75. The van der Waals surface area contributed by atoms with Gasteiger partial charge < -0.3 is 15.0 Å². The van der Waals surface area contributed by atoms with Crippen molar-refractivity contribution in [3.63, 3.8) is 0 Å². The Labute approximate surface area is 157 Å². The van der Waals surface area contributed by atoms with Crippen LogP contribution in [0.4, 0.5) is 5.69 Å². The molecule has 138 valence electrons. The highest BCUT2D eigenvalue weighted by Crippen LogP contribution is 2.26. The van der Waals surface area contributed by atoms with Gasteiger partial charge in [0.15, 0.2) is 0 Å². The first kappa shape index (κ1) is 18.5. The van der Waals surface area contributed by atoms with Crippen LogP contribution in [0.2, 0.25) is 0 Å². The molecule has 26 heavy (non-hydrogen) atoms. The van der Waals surface area contributed by atoms with Gasteiger partial charge >= 0.3 is 0 Å². The zero-order valence-electron chi connectivity index (χ0n) is 15.2. The van der Waals surface area contributed by atoms with Crippen molar-refractivity contribution in [1.82, 2.24) is 9.88 Å². The van der Waals surface area contributed by atoms with Gasteiger partial charge in [0.1, 0.15) is 11.1 Å². The van der Waals surface area contributed by atoms with E-state index in [2.05, 4.69) is 10.3 Å². The number of rotatable bonds is 5. The number of thiazole rings is 1. The molecule has 2 unspecified atom stereocenters. The Morgan fingerprint density at radius 2 is 2.23 bits per heavy atom. The van der Waals surface area contributed by atoms with Gasteiger partial charge in [0.25, 0.3) is 11.8 Å². The van der Waals surface area contributed by atoms with Crippen molar-refractivity contribution in [2.45, 2.75) is 38.8 Å². The fraction of sp³-hybridized carbons (Fsp3) is 0.421. The second kappa shape index (κ2) is 7.97. The van der Waals surface area contributed by atoms with E-state index in [1.807, 2.05) is 25.3 Å². The van der Waals surface area contributed by atoms with E-state index in [9.17, 15) is 9.59 Å². The van der Waals surface area contributed by atoms with Gasteiger partial charge in [0.05, 0.1) is 6.04 Å². The van der Waals surface area contributed by atoms with Gasteiger partial charge in [0, 0.05) is 36.5 Å². The minimum Gasteiger partial charge on any atom is -0.368 e. The van der Waals surface area contributed by atoms with E-state index in [0.717, 1.165) is 23.4 Å². The van der Waals surface area contributed by atoms with Crippen LogP contribution in [0, 0.1) is 6.92 Å². The van der Waals surface area contributed by atoms with Gasteiger partial charge in [-0.1, -0.05) is 6.07 Å². The number of benzene rings is 1. The van der Waals surface area contributed by atoms with Crippen LogP contribution in [0.1, 0.15) is 46.7 Å². The number of hydrogen-bond donors (Lipinski definition) is 1. The highest BCUT2D eigenvalue weighted by atomic mass is 32.1. The quantitative estimate of drug-likeness (QED) is 0.872. The van der Waals surface area contributed by atoms with Crippen LogP contribution in [0.3, 0.4) is 0 Å². The number of carbonyl (C=O) groups is 2. The lowest BCUT2D eigenvalue weighted by Crippen LogP contribution is -2.31. The Balaban J connectivity index is 1.77. The number of anilines is 1. The van der Waals surface area contributed by atoms with Gasteiger partial charge in [-0.15, -0.1) is 11.3 Å². The van der Waals surface area contributed by atoms with Crippen molar-refractivity contribution in [2.24, 2.45) is 0 Å². The second-order valence-corrected chi connectivity index (χ2v) is 7.36. The largest absolute Gasteiger partial charge is 0.368 e. The number of amides is 2. The molecule has 0 saturated carbocycles. The minimum atomic E-state index is -0.402. The number of nitrogens with one attached hydrogen (secondary N) is 1. The van der Waals surface area contributed by atoms with Crippen LogP contribution in [0.25, 0.3) is 0 Å². The molecule has 0 bridgehead atoms. The molecule has 1 N–H and O–H groups in total. The van der Waals surface area contributed by atoms with Crippen molar-refractivity contribution in [3.05, 3.63) is 45.9 Å². The molecule has 6 nitrogen and oxygen atoms in total. The zero-order valence-corrected chi connectivity index (χ0v) is 16.0.